The summed E-state index contributed by atoms with van der Waals surface area (Å²) < 4.78 is 0.563. The van der Waals surface area contributed by atoms with Gasteiger partial charge < -0.3 is 15.3 Å². The van der Waals surface area contributed by atoms with Crippen LogP contribution in [0.15, 0.2) is 22.7 Å². The van der Waals surface area contributed by atoms with E-state index < -0.39 is 5.97 Å². The Morgan fingerprint density at radius 1 is 1.29 bits per heavy atom. The van der Waals surface area contributed by atoms with Crippen molar-refractivity contribution < 1.29 is 14.7 Å². The average molecular weight is 355 g/mol. The van der Waals surface area contributed by atoms with Crippen molar-refractivity contribution in [2.24, 2.45) is 5.41 Å². The molecule has 6 heteroatoms. The molecule has 0 saturated carbocycles. The van der Waals surface area contributed by atoms with E-state index in [-0.39, 0.29) is 17.0 Å². The number of carbonyl (C=O) groups excluding carboxylic acids is 1. The van der Waals surface area contributed by atoms with Crippen molar-refractivity contribution >= 4 is 33.6 Å². The fraction of sp³-hybridized carbons (Fsp3) is 0.467. The van der Waals surface area contributed by atoms with Gasteiger partial charge >= 0.3 is 12.0 Å². The number of nitrogens with zero attached hydrogens (tertiary/aromatic N) is 1. The van der Waals surface area contributed by atoms with Crippen LogP contribution in [0.1, 0.15) is 37.0 Å². The summed E-state index contributed by atoms with van der Waals surface area (Å²) in [5.41, 5.74) is 0.644. The fourth-order valence-corrected chi connectivity index (χ4v) is 2.80. The van der Waals surface area contributed by atoms with E-state index in [4.69, 9.17) is 0 Å². The molecule has 0 unspecified atom stereocenters. The molecule has 1 aliphatic rings. The van der Waals surface area contributed by atoms with Gasteiger partial charge in [-0.1, -0.05) is 19.9 Å². The lowest BCUT2D eigenvalue weighted by Crippen LogP contribution is -2.43. The summed E-state index contributed by atoms with van der Waals surface area (Å²) in [4.78, 5) is 25.3. The number of carbonyl (C=O) groups is 2. The first-order valence-corrected chi connectivity index (χ1v) is 7.67. The van der Waals surface area contributed by atoms with Crippen LogP contribution in [0.5, 0.6) is 0 Å². The van der Waals surface area contributed by atoms with E-state index in [1.807, 2.05) is 0 Å². The lowest BCUT2D eigenvalue weighted by Gasteiger charge is -2.36. The highest BCUT2D eigenvalue weighted by molar-refractivity contribution is 9.10. The maximum absolute atomic E-state index is 12.3. The number of benzene rings is 1. The summed E-state index contributed by atoms with van der Waals surface area (Å²) in [5.74, 6) is -1.06. The third-order valence-corrected chi connectivity index (χ3v) is 4.54. The van der Waals surface area contributed by atoms with E-state index in [0.717, 1.165) is 12.8 Å². The van der Waals surface area contributed by atoms with Crippen molar-refractivity contribution in [2.75, 3.05) is 18.4 Å². The molecule has 0 bridgehead atoms. The highest BCUT2D eigenvalue weighted by Crippen LogP contribution is 2.31. The van der Waals surface area contributed by atoms with Crippen LogP contribution >= 0.6 is 15.9 Å². The van der Waals surface area contributed by atoms with E-state index in [0.29, 0.717) is 23.2 Å². The van der Waals surface area contributed by atoms with E-state index >= 15 is 0 Å². The summed E-state index contributed by atoms with van der Waals surface area (Å²) in [6, 6.07) is 4.57. The molecule has 1 aromatic carbocycles. The second kappa shape index (κ2) is 6.05. The summed E-state index contributed by atoms with van der Waals surface area (Å²) in [5, 5.41) is 11.9. The third kappa shape index (κ3) is 3.75. The largest absolute Gasteiger partial charge is 0.478 e. The van der Waals surface area contributed by atoms with Crippen molar-refractivity contribution in [3.8, 4) is 0 Å². The zero-order valence-electron chi connectivity index (χ0n) is 12.1. The number of carboxylic acid groups (broad SMARTS) is 1. The number of anilines is 1. The molecule has 21 heavy (non-hydrogen) atoms. The standard InChI is InChI=1S/C15H19BrN2O3/c1-15(2)6-8-18(9-7-15)14(21)17-12-10(13(19)20)4-3-5-11(12)16/h3-5H,6-9H2,1-2H3,(H,17,21)(H,19,20). The van der Waals surface area contributed by atoms with Crippen LogP contribution in [0.25, 0.3) is 0 Å². The topological polar surface area (TPSA) is 69.6 Å². The molecular weight excluding hydrogens is 336 g/mol. The summed E-state index contributed by atoms with van der Waals surface area (Å²) >= 11 is 3.29. The summed E-state index contributed by atoms with van der Waals surface area (Å²) in [6.45, 7) is 5.76. The van der Waals surface area contributed by atoms with Crippen molar-refractivity contribution in [1.82, 2.24) is 4.90 Å². The number of aromatic carboxylic acids is 1. The Labute approximate surface area is 132 Å². The van der Waals surface area contributed by atoms with Crippen molar-refractivity contribution in [3.05, 3.63) is 28.2 Å². The molecule has 1 aliphatic heterocycles. The van der Waals surface area contributed by atoms with Gasteiger partial charge in [-0.05, 0) is 46.3 Å². The van der Waals surface area contributed by atoms with Gasteiger partial charge in [0.2, 0.25) is 0 Å². The molecule has 0 aromatic heterocycles. The smallest absolute Gasteiger partial charge is 0.337 e. The van der Waals surface area contributed by atoms with Crippen LogP contribution in [0.4, 0.5) is 10.5 Å². The monoisotopic (exact) mass is 354 g/mol. The predicted molar refractivity (Wildman–Crippen MR) is 84.7 cm³/mol. The number of halogens is 1. The highest BCUT2D eigenvalue weighted by Gasteiger charge is 2.28. The molecule has 0 atom stereocenters. The number of nitrogens with one attached hydrogen (secondary N) is 1. The van der Waals surface area contributed by atoms with Gasteiger partial charge in [0.15, 0.2) is 0 Å². The SMILES string of the molecule is CC1(C)CCN(C(=O)Nc2c(Br)cccc2C(=O)O)CC1. The average Bonchev–Trinajstić information content (AvgIpc) is 2.40. The molecule has 1 heterocycles. The van der Waals surface area contributed by atoms with Gasteiger partial charge in [0.25, 0.3) is 0 Å². The quantitative estimate of drug-likeness (QED) is 0.848. The second-order valence-electron chi connectivity index (χ2n) is 6.05. The van der Waals surface area contributed by atoms with Crippen molar-refractivity contribution in [2.45, 2.75) is 26.7 Å². The number of likely N-dealkylation sites (tertiary alicyclic amines) is 1. The van der Waals surface area contributed by atoms with Gasteiger partial charge in [0, 0.05) is 17.6 Å². The minimum atomic E-state index is -1.06. The van der Waals surface area contributed by atoms with Gasteiger partial charge in [-0.2, -0.15) is 0 Å². The zero-order valence-corrected chi connectivity index (χ0v) is 13.7. The first-order chi connectivity index (χ1) is 9.80. The number of rotatable bonds is 2. The zero-order chi connectivity index (χ0) is 15.6. The molecule has 2 rings (SSSR count). The van der Waals surface area contributed by atoms with Gasteiger partial charge in [-0.25, -0.2) is 9.59 Å². The molecule has 1 aromatic rings. The first kappa shape index (κ1) is 15.8. The molecule has 0 radical (unpaired) electrons. The molecule has 0 aliphatic carbocycles. The predicted octanol–water partition coefficient (Wildman–Crippen LogP) is 3.80. The van der Waals surface area contributed by atoms with E-state index in [9.17, 15) is 14.7 Å². The molecule has 2 amide bonds. The van der Waals surface area contributed by atoms with E-state index in [1.165, 1.54) is 6.07 Å². The Morgan fingerprint density at radius 3 is 2.48 bits per heavy atom. The number of carboxylic acids is 1. The lowest BCUT2D eigenvalue weighted by molar-refractivity contribution is 0.0698. The first-order valence-electron chi connectivity index (χ1n) is 6.88. The molecule has 5 nitrogen and oxygen atoms in total. The maximum atomic E-state index is 12.3. The Bertz CT molecular complexity index is 562. The van der Waals surface area contributed by atoms with Gasteiger partial charge in [0.05, 0.1) is 11.3 Å². The third-order valence-electron chi connectivity index (χ3n) is 3.88. The Kier molecular flexibility index (Phi) is 4.56. The van der Waals surface area contributed by atoms with Crippen LogP contribution in [-0.4, -0.2) is 35.1 Å². The van der Waals surface area contributed by atoms with Gasteiger partial charge in [0.1, 0.15) is 0 Å². The molecule has 1 fully saturated rings. The number of piperidine rings is 1. The number of para-hydroxylation sites is 1. The number of hydrogen-bond donors (Lipinski definition) is 2. The Balaban J connectivity index is 2.12. The second-order valence-corrected chi connectivity index (χ2v) is 6.90. The minimum absolute atomic E-state index is 0.0788. The molecule has 2 N–H and O–H groups in total. The fourth-order valence-electron chi connectivity index (χ4n) is 2.33. The van der Waals surface area contributed by atoms with Crippen molar-refractivity contribution in [1.29, 1.82) is 0 Å². The number of urea groups is 1. The van der Waals surface area contributed by atoms with Crippen LogP contribution in [-0.2, 0) is 0 Å². The minimum Gasteiger partial charge on any atom is -0.478 e. The van der Waals surface area contributed by atoms with E-state index in [2.05, 4.69) is 35.1 Å². The number of hydrogen-bond acceptors (Lipinski definition) is 2. The van der Waals surface area contributed by atoms with Gasteiger partial charge in [-0.3, -0.25) is 0 Å². The summed E-state index contributed by atoms with van der Waals surface area (Å²) in [6.07, 6.45) is 1.89. The van der Waals surface area contributed by atoms with Gasteiger partial charge in [-0.15, -0.1) is 0 Å². The molecule has 0 spiro atoms. The highest BCUT2D eigenvalue weighted by atomic mass is 79.9. The number of amides is 2. The molecule has 1 saturated heterocycles. The molecule has 114 valence electrons. The van der Waals surface area contributed by atoms with Crippen LogP contribution in [0.2, 0.25) is 0 Å². The lowest BCUT2D eigenvalue weighted by atomic mass is 9.83. The molecular formula is C15H19BrN2O3. The van der Waals surface area contributed by atoms with Crippen molar-refractivity contribution in [3.63, 3.8) is 0 Å². The normalized spacial score (nSPS) is 17.4. The van der Waals surface area contributed by atoms with E-state index in [1.54, 1.807) is 17.0 Å². The summed E-state index contributed by atoms with van der Waals surface area (Å²) in [7, 11) is 0. The van der Waals surface area contributed by atoms with Crippen LogP contribution < -0.4 is 5.32 Å². The maximum Gasteiger partial charge on any atom is 0.337 e. The van der Waals surface area contributed by atoms with Crippen LogP contribution in [0.3, 0.4) is 0 Å². The Hall–Kier alpha value is -1.56. The Morgan fingerprint density at radius 2 is 1.90 bits per heavy atom. The van der Waals surface area contributed by atoms with Crippen LogP contribution in [0, 0.1) is 5.41 Å².